The third-order valence-corrected chi connectivity index (χ3v) is 5.96. The Morgan fingerprint density at radius 3 is 2.85 bits per heavy atom. The van der Waals surface area contributed by atoms with E-state index in [0.29, 0.717) is 12.0 Å². The third kappa shape index (κ3) is 2.48. The van der Waals surface area contributed by atoms with E-state index < -0.39 is 0 Å². The maximum atomic E-state index is 10.4. The monoisotopic (exact) mass is 294 g/mol. The van der Waals surface area contributed by atoms with Crippen molar-refractivity contribution in [1.29, 1.82) is 0 Å². The summed E-state index contributed by atoms with van der Waals surface area (Å²) >= 11 is 1.73. The molecule has 1 N–H and O–H groups in total. The lowest BCUT2D eigenvalue weighted by Gasteiger charge is -2.31. The van der Waals surface area contributed by atoms with Crippen LogP contribution in [0.15, 0.2) is 0 Å². The van der Waals surface area contributed by atoms with Crippen molar-refractivity contribution in [2.24, 2.45) is 11.3 Å². The molecule has 1 saturated heterocycles. The Hall–Kier alpha value is -0.610. The molecule has 3 nitrogen and oxygen atoms in total. The second-order valence-electron chi connectivity index (χ2n) is 7.52. The van der Waals surface area contributed by atoms with Gasteiger partial charge in [-0.05, 0) is 37.0 Å². The molecule has 1 aromatic rings. The van der Waals surface area contributed by atoms with Crippen molar-refractivity contribution < 1.29 is 5.11 Å². The first kappa shape index (κ1) is 14.3. The summed E-state index contributed by atoms with van der Waals surface area (Å²) in [5, 5.41) is 11.5. The number of hydrogen-bond donors (Lipinski definition) is 1. The molecule has 0 aromatic carbocycles. The van der Waals surface area contributed by atoms with Gasteiger partial charge in [0.15, 0.2) is 5.13 Å². The van der Waals surface area contributed by atoms with Crippen molar-refractivity contribution in [1.82, 2.24) is 4.98 Å². The van der Waals surface area contributed by atoms with Crippen LogP contribution in [0.4, 0.5) is 5.13 Å². The summed E-state index contributed by atoms with van der Waals surface area (Å²) in [7, 11) is 0. The largest absolute Gasteiger partial charge is 0.387 e. The zero-order chi connectivity index (χ0) is 14.5. The molecule has 0 spiro atoms. The zero-order valence-electron chi connectivity index (χ0n) is 13.0. The third-order valence-electron chi connectivity index (χ3n) is 4.73. The molecule has 1 fully saturated rings. The second-order valence-corrected chi connectivity index (χ2v) is 8.52. The van der Waals surface area contributed by atoms with Gasteiger partial charge in [0.05, 0.1) is 16.7 Å². The Kier molecular flexibility index (Phi) is 3.57. The van der Waals surface area contributed by atoms with Gasteiger partial charge in [0.25, 0.3) is 0 Å². The molecule has 112 valence electrons. The zero-order valence-corrected chi connectivity index (χ0v) is 13.8. The quantitative estimate of drug-likeness (QED) is 0.902. The van der Waals surface area contributed by atoms with Crippen LogP contribution in [0.1, 0.15) is 63.6 Å². The number of rotatable bonds is 2. The van der Waals surface area contributed by atoms with Gasteiger partial charge >= 0.3 is 0 Å². The fourth-order valence-electron chi connectivity index (χ4n) is 3.73. The Morgan fingerprint density at radius 2 is 2.15 bits per heavy atom. The second kappa shape index (κ2) is 4.99. The Bertz CT molecular complexity index is 495. The lowest BCUT2D eigenvalue weighted by atomic mass is 9.77. The molecule has 2 heterocycles. The van der Waals surface area contributed by atoms with Crippen LogP contribution >= 0.6 is 11.3 Å². The van der Waals surface area contributed by atoms with Crippen molar-refractivity contribution >= 4 is 16.5 Å². The van der Waals surface area contributed by atoms with E-state index >= 15 is 0 Å². The number of fused-ring (bicyclic) bond motifs is 1. The average molecular weight is 294 g/mol. The predicted octanol–water partition coefficient (Wildman–Crippen LogP) is 3.77. The molecular formula is C16H26N2OS. The van der Waals surface area contributed by atoms with Crippen molar-refractivity contribution in [3.05, 3.63) is 10.6 Å². The number of nitrogens with zero attached hydrogens (tertiary/aromatic N) is 2. The average Bonchev–Trinajstić information content (AvgIpc) is 2.91. The number of hydrogen-bond acceptors (Lipinski definition) is 4. The van der Waals surface area contributed by atoms with Crippen LogP contribution < -0.4 is 4.90 Å². The highest BCUT2D eigenvalue weighted by Gasteiger charge is 2.36. The van der Waals surface area contributed by atoms with E-state index in [1.54, 1.807) is 11.3 Å². The molecule has 0 radical (unpaired) electrons. The minimum absolute atomic E-state index is 0.167. The smallest absolute Gasteiger partial charge is 0.186 e. The molecular weight excluding hydrogens is 268 g/mol. The van der Waals surface area contributed by atoms with E-state index in [1.165, 1.54) is 12.8 Å². The van der Waals surface area contributed by atoms with Gasteiger partial charge in [0.2, 0.25) is 0 Å². The number of anilines is 1. The highest BCUT2D eigenvalue weighted by atomic mass is 32.1. The summed E-state index contributed by atoms with van der Waals surface area (Å²) in [6, 6.07) is 0.618. The Labute approximate surface area is 126 Å². The van der Waals surface area contributed by atoms with E-state index in [2.05, 4.69) is 32.6 Å². The van der Waals surface area contributed by atoms with Crippen LogP contribution in [0.3, 0.4) is 0 Å². The maximum Gasteiger partial charge on any atom is 0.186 e. The lowest BCUT2D eigenvalue weighted by molar-refractivity contribution is 0.102. The Morgan fingerprint density at radius 1 is 1.40 bits per heavy atom. The van der Waals surface area contributed by atoms with E-state index in [-0.39, 0.29) is 11.5 Å². The molecule has 1 aromatic heterocycles. The number of thiazole rings is 1. The fraction of sp³-hybridized carbons (Fsp3) is 0.812. The molecule has 3 rings (SSSR count). The summed E-state index contributed by atoms with van der Waals surface area (Å²) in [4.78, 5) is 8.49. The van der Waals surface area contributed by atoms with Crippen molar-refractivity contribution in [3.63, 3.8) is 0 Å². The lowest BCUT2D eigenvalue weighted by Crippen LogP contribution is -2.33. The first-order chi connectivity index (χ1) is 9.37. The minimum Gasteiger partial charge on any atom is -0.387 e. The summed E-state index contributed by atoms with van der Waals surface area (Å²) in [5.74, 6) is 0.666. The maximum absolute atomic E-state index is 10.4. The van der Waals surface area contributed by atoms with Gasteiger partial charge in [0, 0.05) is 12.6 Å². The first-order valence-electron chi connectivity index (χ1n) is 7.82. The number of aliphatic hydroxyl groups is 1. The topological polar surface area (TPSA) is 36.4 Å². The van der Waals surface area contributed by atoms with E-state index in [0.717, 1.165) is 35.1 Å². The van der Waals surface area contributed by atoms with E-state index in [1.807, 2.05) is 0 Å². The fourth-order valence-corrected chi connectivity index (χ4v) is 4.88. The highest BCUT2D eigenvalue weighted by molar-refractivity contribution is 7.15. The Balaban J connectivity index is 1.90. The van der Waals surface area contributed by atoms with Gasteiger partial charge in [-0.25, -0.2) is 4.98 Å². The van der Waals surface area contributed by atoms with Gasteiger partial charge in [-0.3, -0.25) is 0 Å². The molecule has 0 saturated carbocycles. The molecule has 1 aliphatic carbocycles. The van der Waals surface area contributed by atoms with Crippen LogP contribution in [0.25, 0.3) is 0 Å². The van der Waals surface area contributed by atoms with Crippen molar-refractivity contribution in [2.75, 3.05) is 11.4 Å². The van der Waals surface area contributed by atoms with Crippen molar-refractivity contribution in [3.8, 4) is 0 Å². The molecule has 2 atom stereocenters. The van der Waals surface area contributed by atoms with Crippen molar-refractivity contribution in [2.45, 2.75) is 65.5 Å². The number of aromatic nitrogens is 1. The van der Waals surface area contributed by atoms with E-state index in [9.17, 15) is 5.11 Å². The van der Waals surface area contributed by atoms with E-state index in [4.69, 9.17) is 4.98 Å². The summed E-state index contributed by atoms with van der Waals surface area (Å²) in [5.41, 5.74) is 1.31. The normalized spacial score (nSPS) is 29.0. The van der Waals surface area contributed by atoms with Gasteiger partial charge in [-0.1, -0.05) is 39.0 Å². The van der Waals surface area contributed by atoms with Gasteiger partial charge in [0.1, 0.15) is 0 Å². The van der Waals surface area contributed by atoms with Gasteiger partial charge in [-0.2, -0.15) is 0 Å². The SMILES string of the molecule is CC(C)C1CCCN1c1nc2c(s1)C(O)CC(C)(C)C2. The molecule has 4 heteroatoms. The minimum atomic E-state index is -0.319. The molecule has 20 heavy (non-hydrogen) atoms. The van der Waals surface area contributed by atoms with Crippen LogP contribution in [0.2, 0.25) is 0 Å². The summed E-state index contributed by atoms with van der Waals surface area (Å²) in [6.45, 7) is 10.2. The standard InChI is InChI=1S/C16H26N2OS/c1-10(2)12-6-5-7-18(12)15-17-11-8-16(3,4)9-13(19)14(11)20-15/h10,12-13,19H,5-9H2,1-4H3. The number of aliphatic hydroxyl groups excluding tert-OH is 1. The summed E-state index contributed by atoms with van der Waals surface area (Å²) in [6.07, 6.45) is 4.07. The molecule has 2 aliphatic rings. The van der Waals surface area contributed by atoms with Crippen LogP contribution in [0, 0.1) is 11.3 Å². The summed E-state index contributed by atoms with van der Waals surface area (Å²) < 4.78 is 0. The van der Waals surface area contributed by atoms with Gasteiger partial charge in [-0.15, -0.1) is 0 Å². The first-order valence-corrected chi connectivity index (χ1v) is 8.63. The molecule has 1 aliphatic heterocycles. The predicted molar refractivity (Wildman–Crippen MR) is 84.4 cm³/mol. The van der Waals surface area contributed by atoms with Crippen LogP contribution in [0.5, 0.6) is 0 Å². The van der Waals surface area contributed by atoms with Crippen LogP contribution in [-0.2, 0) is 6.42 Å². The van der Waals surface area contributed by atoms with Gasteiger partial charge < -0.3 is 10.0 Å². The molecule has 0 bridgehead atoms. The van der Waals surface area contributed by atoms with Crippen LogP contribution in [-0.4, -0.2) is 22.7 Å². The highest BCUT2D eigenvalue weighted by Crippen LogP contribution is 2.45. The molecule has 2 unspecified atom stereocenters. The molecule has 0 amide bonds.